The monoisotopic (exact) mass is 383 g/mol. The molecule has 3 aromatic rings. The number of benzene rings is 1. The molecule has 10 heteroatoms. The van der Waals surface area contributed by atoms with Crippen molar-refractivity contribution in [2.45, 2.75) is 6.18 Å². The van der Waals surface area contributed by atoms with E-state index in [1.165, 1.54) is 30.5 Å². The van der Waals surface area contributed by atoms with Crippen LogP contribution in [0, 0.1) is 5.82 Å². The highest BCUT2D eigenvalue weighted by Gasteiger charge is 2.36. The van der Waals surface area contributed by atoms with Crippen LogP contribution in [0.2, 0.25) is 5.02 Å². The average Bonchev–Trinajstić information content (AvgIpc) is 2.56. The van der Waals surface area contributed by atoms with Crippen molar-refractivity contribution in [3.63, 3.8) is 0 Å². The van der Waals surface area contributed by atoms with Crippen LogP contribution in [0.25, 0.3) is 11.3 Å². The number of halogens is 5. The highest BCUT2D eigenvalue weighted by atomic mass is 35.5. The zero-order valence-electron chi connectivity index (χ0n) is 12.9. The first-order valence-electron chi connectivity index (χ1n) is 7.13. The number of anilines is 3. The number of hydrogen-bond donors (Lipinski definition) is 2. The molecule has 3 rings (SSSR count). The quantitative estimate of drug-likeness (QED) is 0.642. The molecule has 1 aromatic carbocycles. The summed E-state index contributed by atoms with van der Waals surface area (Å²) in [5, 5.41) is 9.49. The maximum atomic E-state index is 14.0. The van der Waals surface area contributed by atoms with E-state index >= 15 is 0 Å². The Labute approximate surface area is 149 Å². The van der Waals surface area contributed by atoms with Crippen molar-refractivity contribution in [1.82, 2.24) is 15.2 Å². The van der Waals surface area contributed by atoms with Gasteiger partial charge < -0.3 is 11.1 Å². The van der Waals surface area contributed by atoms with Crippen LogP contribution in [-0.4, -0.2) is 15.2 Å². The van der Waals surface area contributed by atoms with Crippen LogP contribution < -0.4 is 11.1 Å². The summed E-state index contributed by atoms with van der Waals surface area (Å²) in [7, 11) is 0. The summed E-state index contributed by atoms with van der Waals surface area (Å²) < 4.78 is 53.7. The average molecular weight is 384 g/mol. The van der Waals surface area contributed by atoms with Gasteiger partial charge in [-0.25, -0.2) is 9.37 Å². The summed E-state index contributed by atoms with van der Waals surface area (Å²) in [6.07, 6.45) is -3.43. The van der Waals surface area contributed by atoms with Gasteiger partial charge >= 0.3 is 6.18 Å². The summed E-state index contributed by atoms with van der Waals surface area (Å²) in [5.74, 6) is -0.575. The molecule has 0 bridgehead atoms. The fraction of sp³-hybridized carbons (Fsp3) is 0.0625. The molecule has 0 saturated heterocycles. The molecule has 0 unspecified atom stereocenters. The largest absolute Gasteiger partial charge is 0.437 e. The van der Waals surface area contributed by atoms with Crippen molar-refractivity contribution >= 4 is 28.8 Å². The third kappa shape index (κ3) is 3.83. The van der Waals surface area contributed by atoms with Crippen LogP contribution >= 0.6 is 11.6 Å². The van der Waals surface area contributed by atoms with Crippen LogP contribution in [0.1, 0.15) is 5.69 Å². The molecule has 26 heavy (non-hydrogen) atoms. The number of nitrogen functional groups attached to an aromatic ring is 1. The molecule has 0 aliphatic rings. The Bertz CT molecular complexity index is 962. The van der Waals surface area contributed by atoms with E-state index in [2.05, 4.69) is 20.5 Å². The maximum Gasteiger partial charge on any atom is 0.437 e. The molecule has 0 radical (unpaired) electrons. The highest BCUT2D eigenvalue weighted by molar-refractivity contribution is 6.30. The van der Waals surface area contributed by atoms with Gasteiger partial charge in [-0.2, -0.15) is 13.2 Å². The first-order valence-corrected chi connectivity index (χ1v) is 7.51. The predicted octanol–water partition coefficient (Wildman–Crippen LogP) is 4.68. The number of pyridine rings is 1. The third-order valence-corrected chi connectivity index (χ3v) is 3.56. The zero-order chi connectivity index (χ0) is 18.9. The van der Waals surface area contributed by atoms with Crippen LogP contribution in [0.5, 0.6) is 0 Å². The summed E-state index contributed by atoms with van der Waals surface area (Å²) >= 11 is 5.83. The molecule has 2 aromatic heterocycles. The standard InChI is InChI=1S/C16H10ClF4N5/c17-8-1-2-11(18)10(5-8)12-7-13(15(26-25-12)16(19,20)21)24-9-3-4-23-14(22)6-9/h1-7H,(H3,22,23,24,25). The molecule has 0 spiro atoms. The molecular weight excluding hydrogens is 374 g/mol. The van der Waals surface area contributed by atoms with Gasteiger partial charge in [0.05, 0.1) is 11.4 Å². The summed E-state index contributed by atoms with van der Waals surface area (Å²) in [6, 6.07) is 7.48. The van der Waals surface area contributed by atoms with Gasteiger partial charge in [0, 0.05) is 28.5 Å². The van der Waals surface area contributed by atoms with E-state index in [-0.39, 0.29) is 27.8 Å². The Morgan fingerprint density at radius 2 is 1.81 bits per heavy atom. The Hall–Kier alpha value is -2.94. The van der Waals surface area contributed by atoms with E-state index in [1.54, 1.807) is 0 Å². The van der Waals surface area contributed by atoms with E-state index in [0.29, 0.717) is 0 Å². The minimum atomic E-state index is -4.76. The van der Waals surface area contributed by atoms with Gasteiger partial charge in [0.15, 0.2) is 5.69 Å². The predicted molar refractivity (Wildman–Crippen MR) is 89.4 cm³/mol. The molecule has 0 saturated carbocycles. The van der Waals surface area contributed by atoms with E-state index in [0.717, 1.165) is 12.1 Å². The lowest BCUT2D eigenvalue weighted by molar-refractivity contribution is -0.141. The first kappa shape index (κ1) is 17.9. The summed E-state index contributed by atoms with van der Waals surface area (Å²) in [5.41, 5.74) is 3.94. The molecule has 0 atom stereocenters. The second kappa shape index (κ2) is 6.75. The second-order valence-electron chi connectivity index (χ2n) is 5.21. The third-order valence-electron chi connectivity index (χ3n) is 3.33. The molecule has 134 valence electrons. The van der Waals surface area contributed by atoms with E-state index < -0.39 is 23.4 Å². The highest BCUT2D eigenvalue weighted by Crippen LogP contribution is 2.36. The van der Waals surface area contributed by atoms with Crippen LogP contribution in [0.3, 0.4) is 0 Å². The van der Waals surface area contributed by atoms with Gasteiger partial charge in [-0.3, -0.25) is 0 Å². The van der Waals surface area contributed by atoms with Gasteiger partial charge in [-0.1, -0.05) is 11.6 Å². The van der Waals surface area contributed by atoms with Gasteiger partial charge in [-0.05, 0) is 30.3 Å². The molecule has 0 aliphatic heterocycles. The van der Waals surface area contributed by atoms with Crippen molar-refractivity contribution in [2.75, 3.05) is 11.1 Å². The van der Waals surface area contributed by atoms with E-state index in [9.17, 15) is 17.6 Å². The normalized spacial score (nSPS) is 11.4. The van der Waals surface area contributed by atoms with Crippen LogP contribution in [-0.2, 0) is 6.18 Å². The van der Waals surface area contributed by atoms with Gasteiger partial charge in [0.1, 0.15) is 11.6 Å². The summed E-state index contributed by atoms with van der Waals surface area (Å²) in [6.45, 7) is 0. The number of aromatic nitrogens is 3. The van der Waals surface area contributed by atoms with Gasteiger partial charge in [0.25, 0.3) is 0 Å². The zero-order valence-corrected chi connectivity index (χ0v) is 13.6. The number of nitrogens with two attached hydrogens (primary N) is 1. The molecule has 3 N–H and O–H groups in total. The molecule has 0 fully saturated rings. The van der Waals surface area contributed by atoms with E-state index in [4.69, 9.17) is 17.3 Å². The Kier molecular flexibility index (Phi) is 4.64. The Balaban J connectivity index is 2.11. The Morgan fingerprint density at radius 1 is 1.04 bits per heavy atom. The van der Waals surface area contributed by atoms with E-state index in [1.807, 2.05) is 0 Å². The van der Waals surface area contributed by atoms with Crippen molar-refractivity contribution in [3.05, 3.63) is 59.1 Å². The van der Waals surface area contributed by atoms with Gasteiger partial charge in [0.2, 0.25) is 0 Å². The maximum absolute atomic E-state index is 14.0. The van der Waals surface area contributed by atoms with Gasteiger partial charge in [-0.15, -0.1) is 10.2 Å². The number of hydrogen-bond acceptors (Lipinski definition) is 5. The van der Waals surface area contributed by atoms with Crippen LogP contribution in [0.15, 0.2) is 42.6 Å². The number of rotatable bonds is 3. The lowest BCUT2D eigenvalue weighted by Gasteiger charge is -2.14. The number of nitrogens with zero attached hydrogens (tertiary/aromatic N) is 3. The smallest absolute Gasteiger partial charge is 0.384 e. The molecule has 0 amide bonds. The molecular formula is C16H10ClF4N5. The fourth-order valence-corrected chi connectivity index (χ4v) is 2.38. The SMILES string of the molecule is Nc1cc(Nc2cc(-c3cc(Cl)ccc3F)nnc2C(F)(F)F)ccn1. The fourth-order valence-electron chi connectivity index (χ4n) is 2.20. The second-order valence-corrected chi connectivity index (χ2v) is 5.64. The minimum Gasteiger partial charge on any atom is -0.384 e. The number of nitrogens with one attached hydrogen (secondary N) is 1. The molecule has 2 heterocycles. The van der Waals surface area contributed by atoms with Crippen molar-refractivity contribution in [1.29, 1.82) is 0 Å². The first-order chi connectivity index (χ1) is 12.2. The lowest BCUT2D eigenvalue weighted by Crippen LogP contribution is -2.13. The van der Waals surface area contributed by atoms with Crippen molar-refractivity contribution < 1.29 is 17.6 Å². The van der Waals surface area contributed by atoms with Crippen molar-refractivity contribution in [2.24, 2.45) is 0 Å². The number of alkyl halides is 3. The topological polar surface area (TPSA) is 76.7 Å². The summed E-state index contributed by atoms with van der Waals surface area (Å²) in [4.78, 5) is 3.76. The van der Waals surface area contributed by atoms with Crippen molar-refractivity contribution in [3.8, 4) is 11.3 Å². The Morgan fingerprint density at radius 3 is 2.50 bits per heavy atom. The lowest BCUT2D eigenvalue weighted by atomic mass is 10.1. The molecule has 0 aliphatic carbocycles. The van der Waals surface area contributed by atoms with Crippen LogP contribution in [0.4, 0.5) is 34.8 Å². The minimum absolute atomic E-state index is 0.0731. The molecule has 5 nitrogen and oxygen atoms in total.